The summed E-state index contributed by atoms with van der Waals surface area (Å²) in [5, 5.41) is 10.1. The highest BCUT2D eigenvalue weighted by molar-refractivity contribution is 7.98. The van der Waals surface area contributed by atoms with E-state index in [9.17, 15) is 9.59 Å². The molecular formula is C24H24N6O2S. The van der Waals surface area contributed by atoms with Crippen LogP contribution < -0.4 is 11.1 Å². The molecule has 0 saturated carbocycles. The van der Waals surface area contributed by atoms with Crippen LogP contribution in [0.4, 0.5) is 0 Å². The summed E-state index contributed by atoms with van der Waals surface area (Å²) in [6.45, 7) is 6.82. The topological polar surface area (TPSA) is 86.6 Å². The monoisotopic (exact) mass is 460 g/mol. The number of aromatic nitrogens is 6. The number of thioether (sulfide) groups is 1. The number of rotatable bonds is 6. The van der Waals surface area contributed by atoms with E-state index >= 15 is 0 Å². The number of hydrogen-bond acceptors (Lipinski definition) is 6. The maximum absolute atomic E-state index is 13.2. The van der Waals surface area contributed by atoms with Gasteiger partial charge in [-0.15, -0.1) is 10.2 Å². The van der Waals surface area contributed by atoms with E-state index in [2.05, 4.69) is 29.0 Å². The fourth-order valence-corrected chi connectivity index (χ4v) is 4.71. The minimum Gasteiger partial charge on any atom is -0.276 e. The largest absolute Gasteiger partial charge is 0.276 e. The van der Waals surface area contributed by atoms with Gasteiger partial charge < -0.3 is 0 Å². The second-order valence-corrected chi connectivity index (χ2v) is 9.52. The maximum atomic E-state index is 13.2. The first-order valence-corrected chi connectivity index (χ1v) is 11.9. The van der Waals surface area contributed by atoms with Gasteiger partial charge in [-0.05, 0) is 49.1 Å². The Morgan fingerprint density at radius 3 is 2.70 bits per heavy atom. The van der Waals surface area contributed by atoms with Crippen molar-refractivity contribution in [1.82, 2.24) is 28.5 Å². The lowest BCUT2D eigenvalue weighted by Crippen LogP contribution is -2.24. The molecule has 1 aromatic carbocycles. The lowest BCUT2D eigenvalue weighted by atomic mass is 10.1. The Bertz CT molecular complexity index is 1620. The van der Waals surface area contributed by atoms with E-state index < -0.39 is 0 Å². The van der Waals surface area contributed by atoms with Gasteiger partial charge in [0, 0.05) is 24.6 Å². The second kappa shape index (κ2) is 8.47. The van der Waals surface area contributed by atoms with E-state index in [-0.39, 0.29) is 11.1 Å². The van der Waals surface area contributed by atoms with E-state index in [1.54, 1.807) is 16.8 Å². The zero-order valence-corrected chi connectivity index (χ0v) is 19.5. The number of hydrogen-bond donors (Lipinski definition) is 0. The molecule has 168 valence electrons. The molecule has 0 fully saturated rings. The van der Waals surface area contributed by atoms with E-state index in [0.29, 0.717) is 45.9 Å². The van der Waals surface area contributed by atoms with Crippen LogP contribution in [0.5, 0.6) is 0 Å². The van der Waals surface area contributed by atoms with Crippen LogP contribution >= 0.6 is 11.8 Å². The molecule has 0 aliphatic carbocycles. The van der Waals surface area contributed by atoms with Gasteiger partial charge in [0.2, 0.25) is 5.78 Å². The molecule has 0 amide bonds. The lowest BCUT2D eigenvalue weighted by molar-refractivity contribution is 0.512. The molecule has 0 radical (unpaired) electrons. The van der Waals surface area contributed by atoms with Gasteiger partial charge in [-0.25, -0.2) is 4.98 Å². The molecule has 5 aromatic rings. The highest BCUT2D eigenvalue weighted by Crippen LogP contribution is 2.24. The first-order chi connectivity index (χ1) is 15.9. The fraction of sp³-hybridized carbons (Fsp3) is 0.292. The quantitative estimate of drug-likeness (QED) is 0.359. The van der Waals surface area contributed by atoms with E-state index in [4.69, 9.17) is 0 Å². The van der Waals surface area contributed by atoms with Gasteiger partial charge in [-0.3, -0.25) is 23.0 Å². The molecule has 0 aliphatic rings. The van der Waals surface area contributed by atoms with Crippen LogP contribution in [0.25, 0.3) is 22.3 Å². The third-order valence-electron chi connectivity index (χ3n) is 5.63. The molecule has 8 nitrogen and oxygen atoms in total. The average Bonchev–Trinajstić information content (AvgIpc) is 3.21. The molecule has 5 rings (SSSR count). The van der Waals surface area contributed by atoms with Gasteiger partial charge in [0.25, 0.3) is 11.1 Å². The molecule has 0 unspecified atom stereocenters. The molecule has 33 heavy (non-hydrogen) atoms. The Labute approximate surface area is 193 Å². The molecule has 0 atom stereocenters. The highest BCUT2D eigenvalue weighted by Gasteiger charge is 2.17. The fourth-order valence-electron chi connectivity index (χ4n) is 3.88. The molecule has 0 bridgehead atoms. The van der Waals surface area contributed by atoms with Crippen molar-refractivity contribution in [2.24, 2.45) is 5.92 Å². The van der Waals surface area contributed by atoms with Crippen molar-refractivity contribution in [2.45, 2.75) is 44.6 Å². The summed E-state index contributed by atoms with van der Waals surface area (Å²) in [5.74, 6) is 1.45. The number of fused-ring (bicyclic) bond motifs is 4. The molecule has 9 heteroatoms. The lowest BCUT2D eigenvalue weighted by Gasteiger charge is -2.12. The Morgan fingerprint density at radius 1 is 1.06 bits per heavy atom. The van der Waals surface area contributed by atoms with Crippen LogP contribution in [-0.2, 0) is 12.3 Å². The van der Waals surface area contributed by atoms with Crippen LogP contribution in [0, 0.1) is 12.8 Å². The van der Waals surface area contributed by atoms with Crippen molar-refractivity contribution >= 4 is 34.1 Å². The van der Waals surface area contributed by atoms with Gasteiger partial charge in [-0.2, -0.15) is 0 Å². The van der Waals surface area contributed by atoms with E-state index in [1.165, 1.54) is 16.2 Å². The third-order valence-corrected chi connectivity index (χ3v) is 6.60. The standard InChI is InChI=1S/C24H24N6O2S/c1-15(2)8-10-29-22(32)18-6-4-5-7-19(18)30-23(29)26-27-24(30)33-14-17-13-21(31)28-11-9-16(3)12-20(28)25-17/h4-7,9,11-13,15H,8,10,14H2,1-3H3. The number of benzene rings is 1. The SMILES string of the molecule is Cc1ccn2c(=O)cc(CSc3nnc4n(CCC(C)C)c(=O)c5ccccc5n34)nc2c1. The molecule has 0 aliphatic heterocycles. The number of pyridine rings is 1. The van der Waals surface area contributed by atoms with Gasteiger partial charge >= 0.3 is 0 Å². The molecule has 0 N–H and O–H groups in total. The van der Waals surface area contributed by atoms with Gasteiger partial charge in [0.05, 0.1) is 16.6 Å². The Kier molecular flexibility index (Phi) is 5.49. The Morgan fingerprint density at radius 2 is 1.88 bits per heavy atom. The maximum Gasteiger partial charge on any atom is 0.262 e. The minimum absolute atomic E-state index is 0.0534. The van der Waals surface area contributed by atoms with E-state index in [1.807, 2.05) is 47.7 Å². The summed E-state index contributed by atoms with van der Waals surface area (Å²) < 4.78 is 5.18. The van der Waals surface area contributed by atoms with Crippen molar-refractivity contribution in [3.05, 3.63) is 80.6 Å². The predicted molar refractivity (Wildman–Crippen MR) is 130 cm³/mol. The van der Waals surface area contributed by atoms with Gasteiger partial charge in [-0.1, -0.05) is 37.7 Å². The molecule has 0 spiro atoms. The first-order valence-electron chi connectivity index (χ1n) is 10.9. The first kappa shape index (κ1) is 21.4. The van der Waals surface area contributed by atoms with Crippen molar-refractivity contribution in [1.29, 1.82) is 0 Å². The summed E-state index contributed by atoms with van der Waals surface area (Å²) in [5.41, 5.74) is 2.94. The number of nitrogens with zero attached hydrogens (tertiary/aromatic N) is 6. The van der Waals surface area contributed by atoms with E-state index in [0.717, 1.165) is 17.5 Å². The molecule has 4 aromatic heterocycles. The van der Waals surface area contributed by atoms with Gasteiger partial charge in [0.1, 0.15) is 5.65 Å². The smallest absolute Gasteiger partial charge is 0.262 e. The van der Waals surface area contributed by atoms with Crippen molar-refractivity contribution < 1.29 is 0 Å². The Hall–Kier alpha value is -3.46. The summed E-state index contributed by atoms with van der Waals surface area (Å²) in [6, 6.07) is 12.9. The van der Waals surface area contributed by atoms with Crippen molar-refractivity contribution in [3.8, 4) is 0 Å². The molecule has 0 saturated heterocycles. The predicted octanol–water partition coefficient (Wildman–Crippen LogP) is 3.70. The third kappa shape index (κ3) is 3.93. The molecule has 4 heterocycles. The van der Waals surface area contributed by atoms with Crippen LogP contribution in [0.1, 0.15) is 31.5 Å². The molecular weight excluding hydrogens is 436 g/mol. The zero-order valence-electron chi connectivity index (χ0n) is 18.7. The Balaban J connectivity index is 1.57. The number of para-hydroxylation sites is 1. The summed E-state index contributed by atoms with van der Waals surface area (Å²) in [4.78, 5) is 30.3. The van der Waals surface area contributed by atoms with Crippen molar-refractivity contribution in [3.63, 3.8) is 0 Å². The summed E-state index contributed by atoms with van der Waals surface area (Å²) in [6.07, 6.45) is 2.61. The summed E-state index contributed by atoms with van der Waals surface area (Å²) in [7, 11) is 0. The highest BCUT2D eigenvalue weighted by atomic mass is 32.2. The second-order valence-electron chi connectivity index (χ2n) is 8.58. The number of aryl methyl sites for hydroxylation is 2. The summed E-state index contributed by atoms with van der Waals surface area (Å²) >= 11 is 1.45. The average molecular weight is 461 g/mol. The van der Waals surface area contributed by atoms with Crippen LogP contribution in [0.2, 0.25) is 0 Å². The van der Waals surface area contributed by atoms with Gasteiger partial charge in [0.15, 0.2) is 5.16 Å². The van der Waals surface area contributed by atoms with Crippen molar-refractivity contribution in [2.75, 3.05) is 0 Å². The van der Waals surface area contributed by atoms with Crippen LogP contribution in [-0.4, -0.2) is 28.5 Å². The minimum atomic E-state index is -0.116. The normalized spacial score (nSPS) is 11.9. The van der Waals surface area contributed by atoms with Crippen LogP contribution in [0.15, 0.2) is 63.4 Å². The van der Waals surface area contributed by atoms with Crippen LogP contribution in [0.3, 0.4) is 0 Å². The zero-order chi connectivity index (χ0) is 23.1.